The molecule has 0 saturated heterocycles. The largest absolute Gasteiger partial charge is 0.461 e. The average Bonchev–Trinajstić information content (AvgIpc) is 3.47. The van der Waals surface area contributed by atoms with Gasteiger partial charge in [-0.15, -0.1) is 0 Å². The second-order valence-electron chi connectivity index (χ2n) is 9.18. The molecule has 0 spiro atoms. The second kappa shape index (κ2) is 14.3. The van der Waals surface area contributed by atoms with Gasteiger partial charge < -0.3 is 24.2 Å². The van der Waals surface area contributed by atoms with Crippen LogP contribution < -0.4 is 5.32 Å². The van der Waals surface area contributed by atoms with Crippen molar-refractivity contribution in [3.05, 3.63) is 114 Å². The number of hydrogen-bond acceptors (Lipinski definition) is 7. The summed E-state index contributed by atoms with van der Waals surface area (Å²) in [5, 5.41) is 6.54. The van der Waals surface area contributed by atoms with Crippen LogP contribution >= 0.6 is 7.37 Å². The Morgan fingerprint density at radius 2 is 1.45 bits per heavy atom. The molecule has 0 fully saturated rings. The Balaban J connectivity index is 1.37. The van der Waals surface area contributed by atoms with Crippen LogP contribution in [-0.4, -0.2) is 34.1 Å². The molecule has 1 aromatic heterocycles. The minimum Gasteiger partial charge on any atom is -0.461 e. The third kappa shape index (κ3) is 8.93. The molecule has 40 heavy (non-hydrogen) atoms. The molecule has 2 unspecified atom stereocenters. The quantitative estimate of drug-likeness (QED) is 0.152. The molecule has 4 aromatic rings. The lowest BCUT2D eigenvalue weighted by atomic mass is 10.1. The van der Waals surface area contributed by atoms with Crippen LogP contribution in [0, 0.1) is 0 Å². The van der Waals surface area contributed by atoms with Gasteiger partial charge in [0, 0.05) is 30.6 Å². The number of benzene rings is 3. The third-order valence-corrected chi connectivity index (χ3v) is 8.38. The number of esters is 1. The molecule has 1 heterocycles. The summed E-state index contributed by atoms with van der Waals surface area (Å²) in [5.41, 5.74) is 3.07. The summed E-state index contributed by atoms with van der Waals surface area (Å²) in [7, 11) is -4.02. The fourth-order valence-corrected chi connectivity index (χ4v) is 5.63. The summed E-state index contributed by atoms with van der Waals surface area (Å²) >= 11 is 0. The van der Waals surface area contributed by atoms with Crippen LogP contribution in [0.3, 0.4) is 0 Å². The van der Waals surface area contributed by atoms with E-state index in [1.807, 2.05) is 78.9 Å². The third-order valence-electron chi connectivity index (χ3n) is 6.16. The maximum atomic E-state index is 13.4. The lowest BCUT2D eigenvalue weighted by Gasteiger charge is -2.23. The minimum absolute atomic E-state index is 0.00539. The minimum atomic E-state index is -4.02. The summed E-state index contributed by atoms with van der Waals surface area (Å²) in [4.78, 5) is 35.9. The highest BCUT2D eigenvalue weighted by atomic mass is 31.2. The van der Waals surface area contributed by atoms with Gasteiger partial charge in [-0.2, -0.15) is 0 Å². The zero-order valence-electron chi connectivity index (χ0n) is 21.8. The van der Waals surface area contributed by atoms with Gasteiger partial charge in [0.15, 0.2) is 0 Å². The van der Waals surface area contributed by atoms with Crippen molar-refractivity contribution >= 4 is 19.4 Å². The van der Waals surface area contributed by atoms with Gasteiger partial charge in [0.05, 0.1) is 0 Å². The summed E-state index contributed by atoms with van der Waals surface area (Å²) < 4.78 is 29.4. The molecule has 208 valence electrons. The van der Waals surface area contributed by atoms with Crippen LogP contribution in [0.2, 0.25) is 0 Å². The van der Waals surface area contributed by atoms with Crippen LogP contribution in [0.4, 0.5) is 4.79 Å². The van der Waals surface area contributed by atoms with Gasteiger partial charge in [-0.3, -0.25) is 9.36 Å². The van der Waals surface area contributed by atoms with E-state index < -0.39 is 25.2 Å². The number of hydrogen-bond donors (Lipinski definition) is 2. The van der Waals surface area contributed by atoms with Crippen LogP contribution in [-0.2, 0) is 38.5 Å². The number of ether oxygens (including phenoxy) is 2. The van der Waals surface area contributed by atoms with Gasteiger partial charge in [-0.05, 0) is 17.5 Å². The molecule has 4 rings (SSSR count). The number of carbonyl (C=O) groups excluding carboxylic acids is 2. The first-order chi connectivity index (χ1) is 19.4. The molecule has 9 nitrogen and oxygen atoms in total. The number of amides is 1. The van der Waals surface area contributed by atoms with Gasteiger partial charge in [-0.1, -0.05) is 96.2 Å². The van der Waals surface area contributed by atoms with Crippen molar-refractivity contribution in [3.8, 4) is 11.3 Å². The molecule has 0 saturated carbocycles. The molecule has 0 aliphatic heterocycles. The Kier molecular flexibility index (Phi) is 10.3. The Bertz CT molecular complexity index is 1410. The lowest BCUT2D eigenvalue weighted by Crippen LogP contribution is -2.36. The summed E-state index contributed by atoms with van der Waals surface area (Å²) in [5.74, 6) is -1.34. The number of rotatable bonds is 13. The SMILES string of the molecule is O=C(CCC(NC(=O)OCc1ccccc1)P(=O)(O)CCc1cc(-c2ccccc2)no1)OCc1ccccc1. The van der Waals surface area contributed by atoms with E-state index in [0.717, 1.165) is 16.7 Å². The Morgan fingerprint density at radius 3 is 2.08 bits per heavy atom. The van der Waals surface area contributed by atoms with Crippen molar-refractivity contribution < 1.29 is 33.0 Å². The molecular formula is C30H31N2O7P. The van der Waals surface area contributed by atoms with Gasteiger partial charge >= 0.3 is 12.1 Å². The fourth-order valence-electron chi connectivity index (χ4n) is 3.94. The fraction of sp³-hybridized carbons (Fsp3) is 0.233. The summed E-state index contributed by atoms with van der Waals surface area (Å²) in [6.45, 7) is 0.0808. The van der Waals surface area contributed by atoms with Gasteiger partial charge in [0.25, 0.3) is 0 Å². The standard InChI is InChI=1S/C30H31N2O7P/c33-29(37-21-23-10-4-1-5-11-23)17-16-28(31-30(34)38-22-24-12-6-2-7-13-24)40(35,36)19-18-26-20-27(32-39-26)25-14-8-3-9-15-25/h1-15,20,28H,16-19,21-22H2,(H,31,34)(H,35,36). The van der Waals surface area contributed by atoms with Crippen molar-refractivity contribution in [2.75, 3.05) is 6.16 Å². The van der Waals surface area contributed by atoms with E-state index >= 15 is 0 Å². The molecule has 3 aromatic carbocycles. The molecule has 0 bridgehead atoms. The molecule has 0 aliphatic carbocycles. The summed E-state index contributed by atoms with van der Waals surface area (Å²) in [6, 6.07) is 29.4. The zero-order valence-corrected chi connectivity index (χ0v) is 22.7. The molecule has 0 radical (unpaired) electrons. The Morgan fingerprint density at radius 1 is 0.875 bits per heavy atom. The van der Waals surface area contributed by atoms with E-state index in [-0.39, 0.29) is 38.6 Å². The van der Waals surface area contributed by atoms with Gasteiger partial charge in [-0.25, -0.2) is 4.79 Å². The van der Waals surface area contributed by atoms with E-state index in [2.05, 4.69) is 10.5 Å². The zero-order chi connectivity index (χ0) is 28.2. The highest BCUT2D eigenvalue weighted by molar-refractivity contribution is 7.58. The smallest absolute Gasteiger partial charge is 0.408 e. The maximum absolute atomic E-state index is 13.4. The second-order valence-corrected chi connectivity index (χ2v) is 11.8. The van der Waals surface area contributed by atoms with Crippen LogP contribution in [0.5, 0.6) is 0 Å². The highest BCUT2D eigenvalue weighted by Crippen LogP contribution is 2.47. The van der Waals surface area contributed by atoms with Crippen LogP contribution in [0.25, 0.3) is 11.3 Å². The number of nitrogens with one attached hydrogen (secondary N) is 1. The Labute approximate surface area is 232 Å². The normalized spacial score (nSPS) is 13.1. The summed E-state index contributed by atoms with van der Waals surface area (Å²) in [6.07, 6.45) is -1.20. The van der Waals surface area contributed by atoms with Gasteiger partial charge in [0.1, 0.15) is 30.5 Å². The van der Waals surface area contributed by atoms with Crippen molar-refractivity contribution in [1.29, 1.82) is 0 Å². The molecule has 0 aliphatic rings. The van der Waals surface area contributed by atoms with Crippen LogP contribution in [0.1, 0.15) is 29.7 Å². The van der Waals surface area contributed by atoms with E-state index in [0.29, 0.717) is 11.5 Å². The molecule has 2 N–H and O–H groups in total. The van der Waals surface area contributed by atoms with Crippen molar-refractivity contribution in [2.24, 2.45) is 0 Å². The monoisotopic (exact) mass is 562 g/mol. The van der Waals surface area contributed by atoms with E-state index in [4.69, 9.17) is 14.0 Å². The van der Waals surface area contributed by atoms with Crippen molar-refractivity contribution in [3.63, 3.8) is 0 Å². The molecular weight excluding hydrogens is 531 g/mol. The first-order valence-electron chi connectivity index (χ1n) is 12.9. The molecule has 1 amide bonds. The number of nitrogens with zero attached hydrogens (tertiary/aromatic N) is 1. The maximum Gasteiger partial charge on any atom is 0.408 e. The first-order valence-corrected chi connectivity index (χ1v) is 14.8. The Hall–Kier alpha value is -4.20. The highest BCUT2D eigenvalue weighted by Gasteiger charge is 2.33. The van der Waals surface area contributed by atoms with E-state index in [9.17, 15) is 19.0 Å². The average molecular weight is 563 g/mol. The topological polar surface area (TPSA) is 128 Å². The predicted octanol–water partition coefficient (Wildman–Crippen LogP) is 5.93. The van der Waals surface area contributed by atoms with E-state index in [1.165, 1.54) is 0 Å². The number of aryl methyl sites for hydroxylation is 1. The van der Waals surface area contributed by atoms with Crippen LogP contribution in [0.15, 0.2) is 102 Å². The van der Waals surface area contributed by atoms with Crippen molar-refractivity contribution in [2.45, 2.75) is 38.3 Å². The molecule has 10 heteroatoms. The van der Waals surface area contributed by atoms with Gasteiger partial charge in [0.2, 0.25) is 7.37 Å². The van der Waals surface area contributed by atoms with Crippen molar-refractivity contribution in [1.82, 2.24) is 10.5 Å². The molecule has 2 atom stereocenters. The lowest BCUT2D eigenvalue weighted by molar-refractivity contribution is -0.145. The number of carbonyl (C=O) groups is 2. The first kappa shape index (κ1) is 28.8. The number of aromatic nitrogens is 1. The number of alkyl carbamates (subject to hydrolysis) is 1. The predicted molar refractivity (Wildman–Crippen MR) is 149 cm³/mol. The van der Waals surface area contributed by atoms with E-state index in [1.54, 1.807) is 18.2 Å².